The number of alkyl halides is 3. The molecule has 1 rings (SSSR count). The minimum absolute atomic E-state index is 0.203. The average Bonchev–Trinajstić information content (AvgIpc) is 2.53. The van der Waals surface area contributed by atoms with E-state index in [1.165, 1.54) is 11.3 Å². The number of benzene rings is 1. The first-order valence-corrected chi connectivity index (χ1v) is 8.73. The van der Waals surface area contributed by atoms with Crippen LogP contribution in [0.5, 0.6) is 0 Å². The van der Waals surface area contributed by atoms with Crippen molar-refractivity contribution in [1.82, 2.24) is 0 Å². The van der Waals surface area contributed by atoms with E-state index in [1.807, 2.05) is 0 Å². The standard InChI is InChI=1S/C18H25F6N/c1-3-5-6-7-8-9-10-11-25(4-2)14-12-13(19)16(20)15(17(14)21)18(22,23)24/h12H,3-11H2,1-2H3. The number of rotatable bonds is 10. The quantitative estimate of drug-likeness (QED) is 0.252. The molecule has 0 unspecified atom stereocenters. The Labute approximate surface area is 145 Å². The highest BCUT2D eigenvalue weighted by Crippen LogP contribution is 2.38. The Kier molecular flexibility index (Phi) is 8.59. The fourth-order valence-electron chi connectivity index (χ4n) is 2.78. The van der Waals surface area contributed by atoms with E-state index < -0.39 is 34.9 Å². The minimum atomic E-state index is -5.29. The molecule has 0 N–H and O–H groups in total. The van der Waals surface area contributed by atoms with Crippen molar-refractivity contribution in [2.24, 2.45) is 0 Å². The molecule has 0 aliphatic carbocycles. The highest BCUT2D eigenvalue weighted by molar-refractivity contribution is 5.52. The van der Waals surface area contributed by atoms with Crippen molar-refractivity contribution < 1.29 is 26.3 Å². The van der Waals surface area contributed by atoms with Gasteiger partial charge >= 0.3 is 6.18 Å². The van der Waals surface area contributed by atoms with E-state index in [0.29, 0.717) is 19.0 Å². The molecule has 0 radical (unpaired) electrons. The first-order valence-electron chi connectivity index (χ1n) is 8.73. The zero-order valence-corrected chi connectivity index (χ0v) is 14.7. The van der Waals surface area contributed by atoms with Gasteiger partial charge in [-0.1, -0.05) is 45.4 Å². The molecule has 144 valence electrons. The van der Waals surface area contributed by atoms with Crippen molar-refractivity contribution in [3.63, 3.8) is 0 Å². The maximum Gasteiger partial charge on any atom is 0.422 e. The van der Waals surface area contributed by atoms with Gasteiger partial charge in [0.15, 0.2) is 17.5 Å². The van der Waals surface area contributed by atoms with Crippen LogP contribution in [0.4, 0.5) is 32.0 Å². The lowest BCUT2D eigenvalue weighted by molar-refractivity contribution is -0.142. The van der Waals surface area contributed by atoms with Gasteiger partial charge < -0.3 is 4.90 Å². The van der Waals surface area contributed by atoms with Crippen molar-refractivity contribution in [3.05, 3.63) is 29.1 Å². The van der Waals surface area contributed by atoms with Crippen LogP contribution in [0.1, 0.15) is 64.4 Å². The fourth-order valence-corrected chi connectivity index (χ4v) is 2.78. The van der Waals surface area contributed by atoms with Gasteiger partial charge in [-0.25, -0.2) is 13.2 Å². The summed E-state index contributed by atoms with van der Waals surface area (Å²) in [4.78, 5) is 1.32. The monoisotopic (exact) mass is 369 g/mol. The molecular weight excluding hydrogens is 344 g/mol. The number of hydrogen-bond acceptors (Lipinski definition) is 1. The number of hydrogen-bond donors (Lipinski definition) is 0. The van der Waals surface area contributed by atoms with Crippen LogP contribution < -0.4 is 4.90 Å². The van der Waals surface area contributed by atoms with Crippen LogP contribution in [-0.4, -0.2) is 13.1 Å². The summed E-state index contributed by atoms with van der Waals surface area (Å²) in [6, 6.07) is 0.505. The molecule has 0 fully saturated rings. The summed E-state index contributed by atoms with van der Waals surface area (Å²) < 4.78 is 79.6. The number of unbranched alkanes of at least 4 members (excludes halogenated alkanes) is 6. The maximum absolute atomic E-state index is 14.2. The van der Waals surface area contributed by atoms with Crippen molar-refractivity contribution in [3.8, 4) is 0 Å². The van der Waals surface area contributed by atoms with Crippen LogP contribution in [-0.2, 0) is 6.18 Å². The molecule has 1 nitrogen and oxygen atoms in total. The summed E-state index contributed by atoms with van der Waals surface area (Å²) in [6.45, 7) is 4.25. The molecule has 25 heavy (non-hydrogen) atoms. The zero-order valence-electron chi connectivity index (χ0n) is 14.7. The molecule has 0 saturated heterocycles. The molecule has 0 heterocycles. The van der Waals surface area contributed by atoms with Gasteiger partial charge in [-0.3, -0.25) is 0 Å². The van der Waals surface area contributed by atoms with E-state index in [2.05, 4.69) is 6.92 Å². The predicted molar refractivity (Wildman–Crippen MR) is 87.2 cm³/mol. The lowest BCUT2D eigenvalue weighted by atomic mass is 10.1. The second-order valence-corrected chi connectivity index (χ2v) is 6.08. The predicted octanol–water partition coefficient (Wildman–Crippen LogP) is 6.70. The van der Waals surface area contributed by atoms with Crippen LogP contribution in [0.25, 0.3) is 0 Å². The molecule has 1 aromatic carbocycles. The molecule has 0 bridgehead atoms. The van der Waals surface area contributed by atoms with E-state index in [9.17, 15) is 26.3 Å². The summed E-state index contributed by atoms with van der Waals surface area (Å²) in [5, 5.41) is 0. The smallest absolute Gasteiger partial charge is 0.369 e. The summed E-state index contributed by atoms with van der Waals surface area (Å²) in [6.07, 6.45) is 1.74. The molecule has 0 aromatic heterocycles. The van der Waals surface area contributed by atoms with Gasteiger partial charge in [0.05, 0.1) is 5.69 Å². The number of anilines is 1. The third-order valence-electron chi connectivity index (χ3n) is 4.17. The van der Waals surface area contributed by atoms with E-state index in [4.69, 9.17) is 0 Å². The second kappa shape index (κ2) is 9.92. The molecule has 0 saturated carbocycles. The van der Waals surface area contributed by atoms with Gasteiger partial charge in [0.2, 0.25) is 0 Å². The summed E-state index contributed by atoms with van der Waals surface area (Å²) in [7, 11) is 0. The molecule has 0 amide bonds. The SMILES string of the molecule is CCCCCCCCCN(CC)c1cc(F)c(F)c(C(F)(F)F)c1F. The normalized spacial score (nSPS) is 11.8. The molecule has 7 heteroatoms. The Balaban J connectivity index is 2.81. The maximum atomic E-state index is 14.2. The molecular formula is C18H25F6N. The molecule has 0 aliphatic heterocycles. The van der Waals surface area contributed by atoms with Crippen molar-refractivity contribution in [2.45, 2.75) is 65.0 Å². The highest BCUT2D eigenvalue weighted by Gasteiger charge is 2.41. The van der Waals surface area contributed by atoms with Gasteiger partial charge in [-0.05, 0) is 13.3 Å². The number of halogens is 6. The lowest BCUT2D eigenvalue weighted by Crippen LogP contribution is -2.27. The van der Waals surface area contributed by atoms with Crippen molar-refractivity contribution in [1.29, 1.82) is 0 Å². The third-order valence-corrected chi connectivity index (χ3v) is 4.17. The Hall–Kier alpha value is -1.40. The largest absolute Gasteiger partial charge is 0.422 e. The Morgan fingerprint density at radius 2 is 1.40 bits per heavy atom. The van der Waals surface area contributed by atoms with Gasteiger partial charge in [0, 0.05) is 19.2 Å². The van der Waals surface area contributed by atoms with Crippen LogP contribution >= 0.6 is 0 Å². The third kappa shape index (κ3) is 6.12. The topological polar surface area (TPSA) is 3.24 Å². The van der Waals surface area contributed by atoms with Crippen molar-refractivity contribution >= 4 is 5.69 Å². The Morgan fingerprint density at radius 1 is 0.840 bits per heavy atom. The minimum Gasteiger partial charge on any atom is -0.369 e. The van der Waals surface area contributed by atoms with Gasteiger partial charge in [-0.15, -0.1) is 0 Å². The molecule has 0 aliphatic rings. The van der Waals surface area contributed by atoms with Crippen LogP contribution in [0.2, 0.25) is 0 Å². The first-order chi connectivity index (χ1) is 11.7. The van der Waals surface area contributed by atoms with Crippen LogP contribution in [0, 0.1) is 17.5 Å². The van der Waals surface area contributed by atoms with Crippen LogP contribution in [0.3, 0.4) is 0 Å². The molecule has 0 spiro atoms. The summed E-state index contributed by atoms with van der Waals surface area (Å²) in [5.74, 6) is -5.64. The van der Waals surface area contributed by atoms with Gasteiger partial charge in [0.25, 0.3) is 0 Å². The Bertz CT molecular complexity index is 541. The Morgan fingerprint density at radius 3 is 1.92 bits per heavy atom. The van der Waals surface area contributed by atoms with E-state index in [-0.39, 0.29) is 6.54 Å². The average molecular weight is 369 g/mol. The highest BCUT2D eigenvalue weighted by atomic mass is 19.4. The zero-order chi connectivity index (χ0) is 19.0. The van der Waals surface area contributed by atoms with Crippen LogP contribution in [0.15, 0.2) is 6.07 Å². The van der Waals surface area contributed by atoms with Gasteiger partial charge in [0.1, 0.15) is 5.56 Å². The fraction of sp³-hybridized carbons (Fsp3) is 0.667. The summed E-state index contributed by atoms with van der Waals surface area (Å²) in [5.41, 5.74) is -2.71. The lowest BCUT2D eigenvalue weighted by Gasteiger charge is -2.25. The second-order valence-electron chi connectivity index (χ2n) is 6.08. The van der Waals surface area contributed by atoms with Crippen molar-refractivity contribution in [2.75, 3.05) is 18.0 Å². The number of nitrogens with zero attached hydrogens (tertiary/aromatic N) is 1. The molecule has 1 aromatic rings. The van der Waals surface area contributed by atoms with Gasteiger partial charge in [-0.2, -0.15) is 13.2 Å². The molecule has 0 atom stereocenters. The summed E-state index contributed by atoms with van der Waals surface area (Å²) >= 11 is 0. The van der Waals surface area contributed by atoms with E-state index in [0.717, 1.165) is 32.1 Å². The van der Waals surface area contributed by atoms with E-state index in [1.54, 1.807) is 6.92 Å². The first kappa shape index (κ1) is 21.6. The van der Waals surface area contributed by atoms with E-state index >= 15 is 0 Å².